The van der Waals surface area contributed by atoms with E-state index in [-0.39, 0.29) is 23.7 Å². The molecule has 2 aromatic carbocycles. The van der Waals surface area contributed by atoms with Gasteiger partial charge in [-0.05, 0) is 18.2 Å². The molecule has 22 heavy (non-hydrogen) atoms. The van der Waals surface area contributed by atoms with Crippen LogP contribution in [0.5, 0.6) is 0 Å². The van der Waals surface area contributed by atoms with Gasteiger partial charge in [0.15, 0.2) is 0 Å². The summed E-state index contributed by atoms with van der Waals surface area (Å²) < 4.78 is 0. The number of carbonyl (C=O) groups is 1. The number of hydrogen-bond acceptors (Lipinski definition) is 4. The van der Waals surface area contributed by atoms with Crippen LogP contribution >= 0.6 is 0 Å². The lowest BCUT2D eigenvalue weighted by Gasteiger charge is -2.15. The summed E-state index contributed by atoms with van der Waals surface area (Å²) >= 11 is 0. The number of carbonyl (C=O) groups excluding carboxylic acids is 1. The van der Waals surface area contributed by atoms with Crippen LogP contribution in [0.4, 0.5) is 17.1 Å². The fourth-order valence-electron chi connectivity index (χ4n) is 2.18. The molecule has 0 aromatic heterocycles. The van der Waals surface area contributed by atoms with Gasteiger partial charge >= 0.3 is 0 Å². The van der Waals surface area contributed by atoms with E-state index >= 15 is 0 Å². The molecular weight excluding hydrogens is 284 g/mol. The van der Waals surface area contributed by atoms with Gasteiger partial charge in [0.05, 0.1) is 17.0 Å². The molecule has 0 radical (unpaired) electrons. The first-order valence-corrected chi connectivity index (χ1v) is 6.61. The average Bonchev–Trinajstić information content (AvgIpc) is 2.88. The maximum absolute atomic E-state index is 12.1. The number of amidine groups is 1. The molecule has 1 aliphatic rings. The van der Waals surface area contributed by atoms with Gasteiger partial charge in [-0.1, -0.05) is 30.3 Å². The number of hydrogen-bond donors (Lipinski definition) is 1. The number of aliphatic imine (C=N–C) groups is 1. The number of hydrazine groups is 1. The Morgan fingerprint density at radius 1 is 1.09 bits per heavy atom. The largest absolute Gasteiger partial charge is 0.294 e. The summed E-state index contributed by atoms with van der Waals surface area (Å²) in [7, 11) is 0. The average molecular weight is 296 g/mol. The predicted octanol–water partition coefficient (Wildman–Crippen LogP) is 2.57. The highest BCUT2D eigenvalue weighted by Gasteiger charge is 2.31. The van der Waals surface area contributed by atoms with Gasteiger partial charge in [-0.2, -0.15) is 0 Å². The van der Waals surface area contributed by atoms with Gasteiger partial charge in [-0.15, -0.1) is 0 Å². The second-order valence-electron chi connectivity index (χ2n) is 4.66. The van der Waals surface area contributed by atoms with Crippen molar-refractivity contribution in [1.82, 2.24) is 5.43 Å². The number of nitrogens with zero attached hydrogens (tertiary/aromatic N) is 3. The van der Waals surface area contributed by atoms with E-state index in [2.05, 4.69) is 10.4 Å². The van der Waals surface area contributed by atoms with Crippen molar-refractivity contribution in [2.75, 3.05) is 5.01 Å². The lowest BCUT2D eigenvalue weighted by Crippen LogP contribution is -2.36. The molecule has 0 spiro atoms. The fraction of sp³-hybridized carbons (Fsp3) is 0.0667. The molecule has 1 amide bonds. The highest BCUT2D eigenvalue weighted by atomic mass is 16.6. The second-order valence-corrected chi connectivity index (χ2v) is 4.66. The third kappa shape index (κ3) is 2.64. The summed E-state index contributed by atoms with van der Waals surface area (Å²) in [4.78, 5) is 27.0. The topological polar surface area (TPSA) is 87.8 Å². The number of para-hydroxylation sites is 3. The van der Waals surface area contributed by atoms with Gasteiger partial charge < -0.3 is 0 Å². The number of nitro benzene ring substituents is 1. The molecule has 0 aliphatic carbocycles. The van der Waals surface area contributed by atoms with Crippen LogP contribution in [0.2, 0.25) is 0 Å². The number of benzene rings is 2. The van der Waals surface area contributed by atoms with E-state index in [4.69, 9.17) is 0 Å². The number of rotatable bonds is 3. The lowest BCUT2D eigenvalue weighted by molar-refractivity contribution is -0.384. The van der Waals surface area contributed by atoms with E-state index in [1.165, 1.54) is 17.1 Å². The van der Waals surface area contributed by atoms with Crippen LogP contribution in [0.25, 0.3) is 0 Å². The van der Waals surface area contributed by atoms with Crippen molar-refractivity contribution in [3.8, 4) is 0 Å². The van der Waals surface area contributed by atoms with Crippen molar-refractivity contribution in [2.24, 2.45) is 4.99 Å². The molecule has 1 fully saturated rings. The van der Waals surface area contributed by atoms with Crippen molar-refractivity contribution >= 4 is 28.8 Å². The molecule has 0 unspecified atom stereocenters. The Morgan fingerprint density at radius 3 is 2.50 bits per heavy atom. The van der Waals surface area contributed by atoms with E-state index in [1.807, 2.05) is 30.3 Å². The number of anilines is 1. The molecule has 110 valence electrons. The number of nitro groups is 1. The molecule has 0 saturated carbocycles. The molecule has 7 nitrogen and oxygen atoms in total. The van der Waals surface area contributed by atoms with Gasteiger partial charge in [0.1, 0.15) is 11.5 Å². The van der Waals surface area contributed by atoms with Crippen molar-refractivity contribution in [3.05, 3.63) is 64.7 Å². The molecule has 3 rings (SSSR count). The molecule has 1 N–H and O–H groups in total. The maximum Gasteiger partial charge on any atom is 0.294 e. The molecule has 1 heterocycles. The van der Waals surface area contributed by atoms with E-state index in [9.17, 15) is 14.9 Å². The molecular formula is C15H12N4O3. The summed E-state index contributed by atoms with van der Waals surface area (Å²) in [6.45, 7) is 0. The van der Waals surface area contributed by atoms with Gasteiger partial charge in [0.25, 0.3) is 11.6 Å². The van der Waals surface area contributed by atoms with Crippen molar-refractivity contribution in [2.45, 2.75) is 6.42 Å². The van der Waals surface area contributed by atoms with Crippen LogP contribution in [0, 0.1) is 10.1 Å². The predicted molar refractivity (Wildman–Crippen MR) is 81.9 cm³/mol. The number of nitrogens with one attached hydrogen (secondary N) is 1. The molecule has 1 saturated heterocycles. The minimum absolute atomic E-state index is 0.0704. The van der Waals surface area contributed by atoms with E-state index in [0.29, 0.717) is 11.5 Å². The Kier molecular flexibility index (Phi) is 3.53. The summed E-state index contributed by atoms with van der Waals surface area (Å²) in [6, 6.07) is 15.3. The molecule has 7 heteroatoms. The lowest BCUT2D eigenvalue weighted by atomic mass is 10.2. The van der Waals surface area contributed by atoms with Crippen LogP contribution in [0.1, 0.15) is 6.42 Å². The Bertz CT molecular complexity index is 758. The standard InChI is InChI=1S/C15H12N4O3/c20-15-10-14(16-11-6-2-1-3-7-11)17-18(15)12-8-4-5-9-13(12)19(21)22/h1-9H,10H2,(H,16,17). The third-order valence-electron chi connectivity index (χ3n) is 3.15. The Balaban J connectivity index is 1.90. The smallest absolute Gasteiger partial charge is 0.277 e. The summed E-state index contributed by atoms with van der Waals surface area (Å²) in [6.07, 6.45) is 0.0704. The molecule has 1 aliphatic heterocycles. The van der Waals surface area contributed by atoms with Crippen LogP contribution < -0.4 is 10.4 Å². The van der Waals surface area contributed by atoms with Crippen molar-refractivity contribution < 1.29 is 9.72 Å². The van der Waals surface area contributed by atoms with Crippen molar-refractivity contribution in [1.29, 1.82) is 0 Å². The first kappa shape index (κ1) is 13.7. The normalized spacial score (nSPS) is 15.9. The maximum atomic E-state index is 12.1. The van der Waals surface area contributed by atoms with E-state index < -0.39 is 4.92 Å². The first-order chi connectivity index (χ1) is 10.6. The Morgan fingerprint density at radius 2 is 1.77 bits per heavy atom. The van der Waals surface area contributed by atoms with Gasteiger partial charge in [0.2, 0.25) is 0 Å². The quantitative estimate of drug-likeness (QED) is 0.696. The first-order valence-electron chi connectivity index (χ1n) is 6.61. The van der Waals surface area contributed by atoms with Gasteiger partial charge in [-0.3, -0.25) is 20.3 Å². The summed E-state index contributed by atoms with van der Waals surface area (Å²) in [5.41, 5.74) is 3.61. The Hall–Kier alpha value is -3.22. The minimum Gasteiger partial charge on any atom is -0.277 e. The molecule has 0 atom stereocenters. The monoisotopic (exact) mass is 296 g/mol. The SMILES string of the molecule is O=C1CC(=Nc2ccccc2)NN1c1ccccc1[N+](=O)[O-]. The second kappa shape index (κ2) is 5.65. The van der Waals surface area contributed by atoms with Gasteiger partial charge in [0, 0.05) is 6.07 Å². The highest BCUT2D eigenvalue weighted by molar-refractivity contribution is 6.15. The van der Waals surface area contributed by atoms with E-state index in [0.717, 1.165) is 0 Å². The van der Waals surface area contributed by atoms with Crippen LogP contribution in [-0.4, -0.2) is 16.7 Å². The zero-order valence-electron chi connectivity index (χ0n) is 11.5. The third-order valence-corrected chi connectivity index (χ3v) is 3.15. The molecule has 2 aromatic rings. The summed E-state index contributed by atoms with van der Waals surface area (Å²) in [5, 5.41) is 12.2. The molecule has 0 bridgehead atoms. The minimum atomic E-state index is -0.517. The number of amides is 1. The Labute approximate surface area is 126 Å². The van der Waals surface area contributed by atoms with Gasteiger partial charge in [-0.25, -0.2) is 10.0 Å². The van der Waals surface area contributed by atoms with Crippen LogP contribution in [0.3, 0.4) is 0 Å². The summed E-state index contributed by atoms with van der Waals surface area (Å²) in [5.74, 6) is 0.165. The zero-order chi connectivity index (χ0) is 15.5. The van der Waals surface area contributed by atoms with Crippen LogP contribution in [-0.2, 0) is 4.79 Å². The highest BCUT2D eigenvalue weighted by Crippen LogP contribution is 2.28. The fourth-order valence-corrected chi connectivity index (χ4v) is 2.18. The van der Waals surface area contributed by atoms with Crippen molar-refractivity contribution in [3.63, 3.8) is 0 Å². The zero-order valence-corrected chi connectivity index (χ0v) is 11.5. The van der Waals surface area contributed by atoms with E-state index in [1.54, 1.807) is 12.1 Å². The van der Waals surface area contributed by atoms with Crippen LogP contribution in [0.15, 0.2) is 59.6 Å².